The highest BCUT2D eigenvalue weighted by molar-refractivity contribution is 7.90. The van der Waals surface area contributed by atoms with Crippen molar-refractivity contribution in [3.8, 4) is 0 Å². The Kier molecular flexibility index (Phi) is 5.30. The summed E-state index contributed by atoms with van der Waals surface area (Å²) in [7, 11) is -3.33. The van der Waals surface area contributed by atoms with Crippen LogP contribution in [-0.2, 0) is 16.6 Å². The molecule has 2 aliphatic heterocycles. The van der Waals surface area contributed by atoms with Crippen LogP contribution >= 0.6 is 11.3 Å². The maximum atomic E-state index is 13.2. The number of fused-ring (bicyclic) bond motifs is 2. The van der Waals surface area contributed by atoms with Crippen LogP contribution in [0.5, 0.6) is 0 Å². The highest BCUT2D eigenvalue weighted by Crippen LogP contribution is 2.37. The van der Waals surface area contributed by atoms with Crippen molar-refractivity contribution in [1.29, 1.82) is 0 Å². The number of aromatic nitrogens is 3. The van der Waals surface area contributed by atoms with E-state index in [1.807, 2.05) is 5.51 Å². The van der Waals surface area contributed by atoms with Gasteiger partial charge in [-0.05, 0) is 56.0 Å². The Morgan fingerprint density at radius 1 is 1.17 bits per heavy atom. The zero-order valence-corrected chi connectivity index (χ0v) is 18.5. The van der Waals surface area contributed by atoms with E-state index in [4.69, 9.17) is 0 Å². The van der Waals surface area contributed by atoms with Crippen molar-refractivity contribution in [2.24, 2.45) is 5.92 Å². The van der Waals surface area contributed by atoms with E-state index in [1.165, 1.54) is 10.3 Å². The SMILES string of the molecule is CC(c1ccc2scnc2c1)N1CCC2CN(Cc3ncccn3)S(=O)(=O)C2CC1. The maximum Gasteiger partial charge on any atom is 0.217 e. The zero-order chi connectivity index (χ0) is 20.7. The minimum Gasteiger partial charge on any atom is -0.297 e. The smallest absolute Gasteiger partial charge is 0.217 e. The average molecular weight is 444 g/mol. The van der Waals surface area contributed by atoms with Crippen LogP contribution in [0.3, 0.4) is 0 Å². The van der Waals surface area contributed by atoms with Crippen LogP contribution in [-0.4, -0.2) is 57.5 Å². The molecule has 3 aromatic rings. The van der Waals surface area contributed by atoms with Gasteiger partial charge in [0.05, 0.1) is 27.5 Å². The van der Waals surface area contributed by atoms with Gasteiger partial charge in [0.2, 0.25) is 10.0 Å². The Labute approximate surface area is 180 Å². The van der Waals surface area contributed by atoms with Gasteiger partial charge < -0.3 is 0 Å². The summed E-state index contributed by atoms with van der Waals surface area (Å²) >= 11 is 1.65. The topological polar surface area (TPSA) is 79.3 Å². The summed E-state index contributed by atoms with van der Waals surface area (Å²) in [6.45, 7) is 4.74. The number of benzene rings is 1. The summed E-state index contributed by atoms with van der Waals surface area (Å²) in [5, 5.41) is -0.306. The molecule has 1 aromatic carbocycles. The van der Waals surface area contributed by atoms with Crippen LogP contribution in [0.15, 0.2) is 42.2 Å². The lowest BCUT2D eigenvalue weighted by Gasteiger charge is -2.28. The molecule has 0 radical (unpaired) electrons. The van der Waals surface area contributed by atoms with Gasteiger partial charge in [-0.2, -0.15) is 4.31 Å². The largest absolute Gasteiger partial charge is 0.297 e. The molecule has 0 aliphatic carbocycles. The Hall–Kier alpha value is -1.94. The average Bonchev–Trinajstić information content (AvgIpc) is 3.22. The highest BCUT2D eigenvalue weighted by Gasteiger charge is 2.47. The number of hydrogen-bond donors (Lipinski definition) is 0. The van der Waals surface area contributed by atoms with Gasteiger partial charge in [-0.1, -0.05) is 6.07 Å². The minimum atomic E-state index is -3.33. The molecule has 0 amide bonds. The van der Waals surface area contributed by atoms with Crippen molar-refractivity contribution in [1.82, 2.24) is 24.2 Å². The predicted octanol–water partition coefficient (Wildman–Crippen LogP) is 3.07. The summed E-state index contributed by atoms with van der Waals surface area (Å²) in [4.78, 5) is 15.3. The third kappa shape index (κ3) is 3.64. The second kappa shape index (κ2) is 7.96. The number of likely N-dealkylation sites (tertiary alicyclic amines) is 1. The molecule has 2 aliphatic rings. The lowest BCUT2D eigenvalue weighted by molar-refractivity contribution is 0.213. The molecule has 0 N–H and O–H groups in total. The van der Waals surface area contributed by atoms with Crippen molar-refractivity contribution in [3.05, 3.63) is 53.6 Å². The van der Waals surface area contributed by atoms with Gasteiger partial charge in [-0.15, -0.1) is 11.3 Å². The molecule has 0 spiro atoms. The first kappa shape index (κ1) is 20.0. The van der Waals surface area contributed by atoms with E-state index in [0.717, 1.165) is 25.0 Å². The molecule has 0 bridgehead atoms. The fraction of sp³-hybridized carbons (Fsp3) is 0.476. The zero-order valence-electron chi connectivity index (χ0n) is 16.9. The molecule has 158 valence electrons. The van der Waals surface area contributed by atoms with Crippen LogP contribution < -0.4 is 0 Å². The van der Waals surface area contributed by atoms with E-state index in [9.17, 15) is 8.42 Å². The molecular formula is C21H25N5O2S2. The summed E-state index contributed by atoms with van der Waals surface area (Å²) in [5.41, 5.74) is 4.16. The summed E-state index contributed by atoms with van der Waals surface area (Å²) < 4.78 is 29.2. The molecule has 3 atom stereocenters. The van der Waals surface area contributed by atoms with Gasteiger partial charge in [0.25, 0.3) is 0 Å². The van der Waals surface area contributed by atoms with Crippen molar-refractivity contribution >= 4 is 31.6 Å². The third-order valence-electron chi connectivity index (χ3n) is 6.52. The van der Waals surface area contributed by atoms with Gasteiger partial charge in [0.15, 0.2) is 0 Å². The van der Waals surface area contributed by atoms with E-state index in [0.29, 0.717) is 18.8 Å². The Bertz CT molecular complexity index is 1130. The molecule has 4 heterocycles. The summed E-state index contributed by atoms with van der Waals surface area (Å²) in [6, 6.07) is 8.47. The molecule has 3 unspecified atom stereocenters. The van der Waals surface area contributed by atoms with Crippen molar-refractivity contribution < 1.29 is 8.42 Å². The lowest BCUT2D eigenvalue weighted by atomic mass is 10.0. The molecule has 2 saturated heterocycles. The third-order valence-corrected chi connectivity index (χ3v) is 9.71. The number of nitrogens with zero attached hydrogens (tertiary/aromatic N) is 5. The van der Waals surface area contributed by atoms with Gasteiger partial charge in [-0.25, -0.2) is 23.4 Å². The quantitative estimate of drug-likeness (QED) is 0.617. The van der Waals surface area contributed by atoms with Crippen molar-refractivity contribution in [2.45, 2.75) is 37.6 Å². The number of rotatable bonds is 4. The molecule has 30 heavy (non-hydrogen) atoms. The maximum absolute atomic E-state index is 13.2. The highest BCUT2D eigenvalue weighted by atomic mass is 32.2. The molecule has 5 rings (SSSR count). The first-order valence-corrected chi connectivity index (χ1v) is 12.7. The van der Waals surface area contributed by atoms with Gasteiger partial charge in [0.1, 0.15) is 5.82 Å². The fourth-order valence-corrected chi connectivity index (χ4v) is 7.62. The van der Waals surface area contributed by atoms with E-state index in [2.05, 4.69) is 45.0 Å². The second-order valence-electron chi connectivity index (χ2n) is 8.17. The minimum absolute atomic E-state index is 0.164. The van der Waals surface area contributed by atoms with Gasteiger partial charge >= 0.3 is 0 Å². The monoisotopic (exact) mass is 443 g/mol. The van der Waals surface area contributed by atoms with Crippen LogP contribution in [0.2, 0.25) is 0 Å². The number of sulfonamides is 1. The van der Waals surface area contributed by atoms with Crippen molar-refractivity contribution in [2.75, 3.05) is 19.6 Å². The van der Waals surface area contributed by atoms with Crippen LogP contribution in [0.1, 0.15) is 37.2 Å². The Balaban J connectivity index is 1.29. The molecule has 7 nitrogen and oxygen atoms in total. The second-order valence-corrected chi connectivity index (χ2v) is 11.2. The van der Waals surface area contributed by atoms with Gasteiger partial charge in [-0.3, -0.25) is 4.90 Å². The van der Waals surface area contributed by atoms with Gasteiger partial charge in [0, 0.05) is 31.5 Å². The Morgan fingerprint density at radius 2 is 1.97 bits per heavy atom. The van der Waals surface area contributed by atoms with Crippen LogP contribution in [0, 0.1) is 5.92 Å². The predicted molar refractivity (Wildman–Crippen MR) is 117 cm³/mol. The van der Waals surface area contributed by atoms with Crippen LogP contribution in [0.25, 0.3) is 10.2 Å². The summed E-state index contributed by atoms with van der Waals surface area (Å²) in [6.07, 6.45) is 4.87. The lowest BCUT2D eigenvalue weighted by Crippen LogP contribution is -2.33. The van der Waals surface area contributed by atoms with E-state index < -0.39 is 10.0 Å². The first-order chi connectivity index (χ1) is 14.5. The molecular weight excluding hydrogens is 418 g/mol. The standard InChI is InChI=1S/C21H25N5O2S2/c1-15(16-3-4-19-18(11-16)24-14-29-19)25-9-5-17-12-26(13-21-22-7-2-8-23-21)30(27,28)20(17)6-10-25/h2-4,7-8,11,14-15,17,20H,5-6,9-10,12-13H2,1H3. The Morgan fingerprint density at radius 3 is 2.80 bits per heavy atom. The molecule has 9 heteroatoms. The number of hydrogen-bond acceptors (Lipinski definition) is 7. The fourth-order valence-electron chi connectivity index (χ4n) is 4.77. The normalized spacial score (nSPS) is 25.8. The molecule has 2 fully saturated rings. The van der Waals surface area contributed by atoms with E-state index in [-0.39, 0.29) is 23.8 Å². The van der Waals surface area contributed by atoms with Crippen LogP contribution in [0.4, 0.5) is 0 Å². The first-order valence-electron chi connectivity index (χ1n) is 10.3. The molecule has 2 aromatic heterocycles. The van der Waals surface area contributed by atoms with E-state index >= 15 is 0 Å². The summed E-state index contributed by atoms with van der Waals surface area (Å²) in [5.74, 6) is 0.724. The van der Waals surface area contributed by atoms with Crippen molar-refractivity contribution in [3.63, 3.8) is 0 Å². The molecule has 0 saturated carbocycles. The number of thiazole rings is 1. The van der Waals surface area contributed by atoms with E-state index in [1.54, 1.807) is 34.1 Å².